The fourth-order valence-corrected chi connectivity index (χ4v) is 3.59. The summed E-state index contributed by atoms with van der Waals surface area (Å²) >= 11 is 6.24. The van der Waals surface area contributed by atoms with Crippen LogP contribution in [0.4, 0.5) is 23.2 Å². The van der Waals surface area contributed by atoms with Crippen molar-refractivity contribution in [3.63, 3.8) is 0 Å². The molecule has 1 N–H and O–H groups in total. The summed E-state index contributed by atoms with van der Waals surface area (Å²) in [6.07, 6.45) is -2.99. The van der Waals surface area contributed by atoms with E-state index in [0.29, 0.717) is 11.4 Å². The minimum absolute atomic E-state index is 0.140. The number of aliphatic imine (C=N–C) groups is 1. The van der Waals surface area contributed by atoms with E-state index in [0.717, 1.165) is 18.2 Å². The molecule has 30 heavy (non-hydrogen) atoms. The zero-order valence-corrected chi connectivity index (χ0v) is 17.1. The van der Waals surface area contributed by atoms with Crippen LogP contribution in [0.3, 0.4) is 0 Å². The van der Waals surface area contributed by atoms with Gasteiger partial charge in [0.05, 0.1) is 28.0 Å². The quantitative estimate of drug-likeness (QED) is 0.613. The Morgan fingerprint density at radius 1 is 1.30 bits per heavy atom. The van der Waals surface area contributed by atoms with Crippen molar-refractivity contribution in [2.45, 2.75) is 33.0 Å². The van der Waals surface area contributed by atoms with E-state index < -0.39 is 34.2 Å². The first-order chi connectivity index (χ1) is 14.0. The molecule has 9 heteroatoms. The summed E-state index contributed by atoms with van der Waals surface area (Å²) in [6.45, 7) is 9.21. The molecule has 0 saturated carbocycles. The molecule has 1 aromatic carbocycles. The molecule has 158 valence electrons. The van der Waals surface area contributed by atoms with Crippen molar-refractivity contribution < 1.29 is 17.6 Å². The number of benzodiazepines with no additional fused rings is 1. The zero-order valence-electron chi connectivity index (χ0n) is 16.4. The topological polar surface area (TPSA) is 48.5 Å². The van der Waals surface area contributed by atoms with Gasteiger partial charge in [-0.2, -0.15) is 13.2 Å². The highest BCUT2D eigenvalue weighted by molar-refractivity contribution is 6.37. The van der Waals surface area contributed by atoms with Gasteiger partial charge in [0.1, 0.15) is 11.5 Å². The number of hydrogen-bond donors (Lipinski definition) is 1. The van der Waals surface area contributed by atoms with Crippen LogP contribution in [0.5, 0.6) is 0 Å². The summed E-state index contributed by atoms with van der Waals surface area (Å²) in [5, 5.41) is -0.640. The smallest absolute Gasteiger partial charge is 0.318 e. The number of rotatable bonds is 2. The predicted molar refractivity (Wildman–Crippen MR) is 110 cm³/mol. The van der Waals surface area contributed by atoms with Crippen molar-refractivity contribution in [3.8, 4) is 0 Å². The van der Waals surface area contributed by atoms with Crippen LogP contribution in [0, 0.1) is 5.82 Å². The first-order valence-electron chi connectivity index (χ1n) is 8.96. The van der Waals surface area contributed by atoms with Crippen LogP contribution in [-0.4, -0.2) is 16.7 Å². The Labute approximate surface area is 175 Å². The van der Waals surface area contributed by atoms with E-state index in [2.05, 4.69) is 16.6 Å². The van der Waals surface area contributed by atoms with Crippen LogP contribution in [0.1, 0.15) is 37.6 Å². The van der Waals surface area contributed by atoms with Crippen molar-refractivity contribution in [1.82, 2.24) is 4.98 Å². The lowest BCUT2D eigenvalue weighted by atomic mass is 9.99. The Kier molecular flexibility index (Phi) is 5.64. The first kappa shape index (κ1) is 21.8. The third-order valence-electron chi connectivity index (χ3n) is 4.87. The second-order valence-electron chi connectivity index (χ2n) is 6.77. The van der Waals surface area contributed by atoms with Crippen molar-refractivity contribution in [3.05, 3.63) is 86.3 Å². The summed E-state index contributed by atoms with van der Waals surface area (Å²) in [4.78, 5) is 20.2. The van der Waals surface area contributed by atoms with Gasteiger partial charge in [-0.25, -0.2) is 4.39 Å². The highest BCUT2D eigenvalue weighted by atomic mass is 35.5. The molecule has 1 atom stereocenters. The molecule has 0 aliphatic carbocycles. The Hall–Kier alpha value is -2.87. The minimum Gasteiger partial charge on any atom is -0.318 e. The Balaban J connectivity index is 2.48. The summed E-state index contributed by atoms with van der Waals surface area (Å²) < 4.78 is 55.3. The first-order valence-corrected chi connectivity index (χ1v) is 9.34. The lowest BCUT2D eigenvalue weighted by molar-refractivity contribution is -0.137. The van der Waals surface area contributed by atoms with Gasteiger partial charge in [-0.15, -0.1) is 0 Å². The number of nitrogens with one attached hydrogen (secondary N) is 1. The van der Waals surface area contributed by atoms with Crippen LogP contribution < -0.4 is 10.5 Å². The van der Waals surface area contributed by atoms with Crippen molar-refractivity contribution in [2.75, 3.05) is 4.90 Å². The molecule has 1 aliphatic rings. The highest BCUT2D eigenvalue weighted by Gasteiger charge is 2.38. The van der Waals surface area contributed by atoms with Crippen molar-refractivity contribution in [1.29, 1.82) is 0 Å². The highest BCUT2D eigenvalue weighted by Crippen LogP contribution is 2.44. The van der Waals surface area contributed by atoms with E-state index >= 15 is 0 Å². The summed E-state index contributed by atoms with van der Waals surface area (Å²) in [5.41, 5.74) is -1.01. The number of H-pyrrole nitrogens is 1. The van der Waals surface area contributed by atoms with E-state index in [4.69, 9.17) is 11.6 Å². The van der Waals surface area contributed by atoms with Gasteiger partial charge < -0.3 is 9.88 Å². The molecular weight excluding hydrogens is 422 g/mol. The molecule has 3 rings (SSSR count). The Morgan fingerprint density at radius 2 is 1.97 bits per heavy atom. The standard InChI is InChI=1S/C21H18ClF4N3O/c1-5-10(2)29-12(4)11(3)27-20(19-14(23)7-9-16(30)28-19)17-15(29)8-6-13(18(17)22)21(24,25)26/h5-9,11H,4H2,1-3H3,(H,28,30)/b10-5-/t11-/m0/s1. The lowest BCUT2D eigenvalue weighted by Crippen LogP contribution is -2.25. The minimum atomic E-state index is -4.74. The number of pyridine rings is 1. The number of halogens is 5. The second-order valence-corrected chi connectivity index (χ2v) is 7.15. The third kappa shape index (κ3) is 3.67. The normalized spacial score (nSPS) is 17.5. The summed E-state index contributed by atoms with van der Waals surface area (Å²) in [6, 6.07) is 3.37. The summed E-state index contributed by atoms with van der Waals surface area (Å²) in [5.74, 6) is -0.846. The number of aromatic amines is 1. The van der Waals surface area contributed by atoms with Crippen LogP contribution in [-0.2, 0) is 6.18 Å². The van der Waals surface area contributed by atoms with E-state index in [9.17, 15) is 22.4 Å². The van der Waals surface area contributed by atoms with Crippen LogP contribution in [0.15, 0.2) is 58.1 Å². The molecular formula is C21H18ClF4N3O. The maximum atomic E-state index is 14.6. The van der Waals surface area contributed by atoms with Crippen LogP contribution in [0.2, 0.25) is 5.02 Å². The molecule has 2 heterocycles. The van der Waals surface area contributed by atoms with E-state index in [-0.39, 0.29) is 22.7 Å². The van der Waals surface area contributed by atoms with Crippen LogP contribution >= 0.6 is 11.6 Å². The molecule has 0 saturated heterocycles. The zero-order chi connectivity index (χ0) is 22.4. The number of nitrogens with zero attached hydrogens (tertiary/aromatic N) is 2. The maximum Gasteiger partial charge on any atom is 0.417 e. The van der Waals surface area contributed by atoms with Crippen molar-refractivity contribution in [2.24, 2.45) is 4.99 Å². The molecule has 2 aromatic rings. The van der Waals surface area contributed by atoms with E-state index in [1.54, 1.807) is 31.7 Å². The van der Waals surface area contributed by atoms with Gasteiger partial charge in [-0.05, 0) is 39.0 Å². The number of aromatic nitrogens is 1. The second kappa shape index (κ2) is 7.75. The predicted octanol–water partition coefficient (Wildman–Crippen LogP) is 5.67. The molecule has 0 unspecified atom stereocenters. The lowest BCUT2D eigenvalue weighted by Gasteiger charge is -2.29. The molecule has 1 aromatic heterocycles. The van der Waals surface area contributed by atoms with Gasteiger partial charge in [0.25, 0.3) is 0 Å². The van der Waals surface area contributed by atoms with Gasteiger partial charge in [0, 0.05) is 23.0 Å². The molecule has 0 spiro atoms. The number of benzene rings is 1. The van der Waals surface area contributed by atoms with Gasteiger partial charge in [-0.3, -0.25) is 9.79 Å². The molecule has 0 bridgehead atoms. The number of fused-ring (bicyclic) bond motifs is 1. The SMILES string of the molecule is C=C1[C@H](C)N=C(c2[nH]c(=O)ccc2F)c2c(ccc(C(F)(F)F)c2Cl)N1/C(C)=C\C. The third-order valence-corrected chi connectivity index (χ3v) is 5.26. The average Bonchev–Trinajstić information content (AvgIpc) is 2.77. The molecule has 4 nitrogen and oxygen atoms in total. The molecule has 0 fully saturated rings. The van der Waals surface area contributed by atoms with Gasteiger partial charge in [0.2, 0.25) is 5.56 Å². The fraction of sp³-hybridized carbons (Fsp3) is 0.238. The number of alkyl halides is 3. The van der Waals surface area contributed by atoms with E-state index in [1.807, 2.05) is 0 Å². The Bertz CT molecular complexity index is 1150. The number of allylic oxidation sites excluding steroid dienone is 2. The van der Waals surface area contributed by atoms with Gasteiger partial charge in [-0.1, -0.05) is 24.3 Å². The fourth-order valence-electron chi connectivity index (χ4n) is 3.23. The maximum absolute atomic E-state index is 14.6. The average molecular weight is 440 g/mol. The van der Waals surface area contributed by atoms with E-state index in [1.165, 1.54) is 6.07 Å². The van der Waals surface area contributed by atoms with Gasteiger partial charge in [0.15, 0.2) is 0 Å². The molecule has 1 aliphatic heterocycles. The molecule has 0 radical (unpaired) electrons. The largest absolute Gasteiger partial charge is 0.417 e. The van der Waals surface area contributed by atoms with Gasteiger partial charge >= 0.3 is 6.18 Å². The number of hydrogen-bond acceptors (Lipinski definition) is 3. The number of anilines is 1. The summed E-state index contributed by atoms with van der Waals surface area (Å²) in [7, 11) is 0. The molecule has 0 amide bonds. The monoisotopic (exact) mass is 439 g/mol. The van der Waals surface area contributed by atoms with Crippen molar-refractivity contribution >= 4 is 23.0 Å². The van der Waals surface area contributed by atoms with Crippen LogP contribution in [0.25, 0.3) is 0 Å². The Morgan fingerprint density at radius 3 is 2.57 bits per heavy atom.